The van der Waals surface area contributed by atoms with E-state index in [2.05, 4.69) is 46.6 Å². The zero-order valence-electron chi connectivity index (χ0n) is 24.5. The number of aliphatic hydroxyl groups is 1. The number of piperidine rings is 1. The molecule has 5 heterocycles. The van der Waals surface area contributed by atoms with Crippen molar-refractivity contribution in [3.05, 3.63) is 71.4 Å². The zero-order chi connectivity index (χ0) is 29.7. The van der Waals surface area contributed by atoms with E-state index in [0.29, 0.717) is 32.4 Å². The van der Waals surface area contributed by atoms with Gasteiger partial charge in [0.25, 0.3) is 11.8 Å². The van der Waals surface area contributed by atoms with Crippen LogP contribution in [0.2, 0.25) is 0 Å². The van der Waals surface area contributed by atoms with Crippen LogP contribution < -0.4 is 5.32 Å². The van der Waals surface area contributed by atoms with Crippen LogP contribution in [0.25, 0.3) is 10.9 Å². The molecule has 1 aromatic heterocycles. The number of fused-ring (bicyclic) bond motifs is 5. The fourth-order valence-corrected chi connectivity index (χ4v) is 8.65. The molecule has 10 heteroatoms. The molecule has 0 radical (unpaired) electrons. The third kappa shape index (κ3) is 3.86. The molecule has 7 atom stereocenters. The summed E-state index contributed by atoms with van der Waals surface area (Å²) in [7, 11) is 2.06. The van der Waals surface area contributed by atoms with Gasteiger partial charge >= 0.3 is 0 Å². The van der Waals surface area contributed by atoms with Crippen LogP contribution in [0.4, 0.5) is 0 Å². The van der Waals surface area contributed by atoms with Crippen molar-refractivity contribution in [2.24, 2.45) is 5.92 Å². The fourth-order valence-electron chi connectivity index (χ4n) is 8.65. The highest BCUT2D eigenvalue weighted by molar-refractivity contribution is 5.97. The van der Waals surface area contributed by atoms with E-state index in [0.717, 1.165) is 17.5 Å². The molecule has 0 unspecified atom stereocenters. The zero-order valence-corrected chi connectivity index (χ0v) is 24.5. The Bertz CT molecular complexity index is 1640. The predicted octanol–water partition coefficient (Wildman–Crippen LogP) is 2.08. The normalized spacial score (nSPS) is 35.2. The molecular formula is C33H37N5O5. The number of hydrogen-bond donors (Lipinski definition) is 3. The highest BCUT2D eigenvalue weighted by atomic mass is 16.7. The minimum absolute atomic E-state index is 0.171. The summed E-state index contributed by atoms with van der Waals surface area (Å²) < 4.78 is 6.25. The number of aromatic nitrogens is 1. The third-order valence-electron chi connectivity index (χ3n) is 10.6. The highest BCUT2D eigenvalue weighted by Gasteiger charge is 2.70. The Kier molecular flexibility index (Phi) is 5.86. The van der Waals surface area contributed by atoms with Gasteiger partial charge in [-0.25, -0.2) is 0 Å². The number of amides is 3. The van der Waals surface area contributed by atoms with Crippen LogP contribution in [-0.4, -0.2) is 92.4 Å². The summed E-state index contributed by atoms with van der Waals surface area (Å²) >= 11 is 0. The molecule has 0 saturated carbocycles. The number of likely N-dealkylation sites (N-methyl/N-ethyl adjacent to an activating group) is 1. The molecule has 0 bridgehead atoms. The Morgan fingerprint density at radius 3 is 2.79 bits per heavy atom. The molecule has 5 aliphatic rings. The number of aromatic amines is 1. The quantitative estimate of drug-likeness (QED) is 0.433. The van der Waals surface area contributed by atoms with E-state index in [1.54, 1.807) is 4.90 Å². The average Bonchev–Trinajstić information content (AvgIpc) is 3.70. The molecular weight excluding hydrogens is 546 g/mol. The van der Waals surface area contributed by atoms with Crippen LogP contribution in [0.5, 0.6) is 0 Å². The van der Waals surface area contributed by atoms with Crippen molar-refractivity contribution in [3.8, 4) is 0 Å². The Balaban J connectivity index is 1.08. The second kappa shape index (κ2) is 9.38. The van der Waals surface area contributed by atoms with E-state index in [1.165, 1.54) is 28.3 Å². The summed E-state index contributed by atoms with van der Waals surface area (Å²) in [5.41, 5.74) is 2.74. The molecule has 2 aromatic carbocycles. The number of piperazine rings is 1. The molecule has 1 aliphatic carbocycles. The Labute approximate surface area is 250 Å². The second-order valence-electron chi connectivity index (χ2n) is 13.2. The standard InChI is InChI=1S/C33H37N5O5/c1-32(35-29(39)21-15-23-22-10-6-11-24-28(22)20(17-34-24)16-25(23)36(2)18-21)31(41)38-26(14-19-8-4-3-5-9-19)30(40)37-13-7-12-27(37)33(38,42)43-32/h3-6,8-11,17,21,23,25-27,34,42H,7,12-16,18H2,1-2H3,(H,35,39)/t21-,23-,25+,26+,27+,32-,33+/m1/s1. The van der Waals surface area contributed by atoms with Gasteiger partial charge in [0, 0.05) is 48.6 Å². The number of H-pyrrole nitrogens is 1. The Morgan fingerprint density at radius 2 is 1.98 bits per heavy atom. The van der Waals surface area contributed by atoms with Crippen molar-refractivity contribution < 1.29 is 24.2 Å². The SMILES string of the molecule is CN1C[C@H](C(=O)N[C@]2(C)O[C@@]3(O)[C@@H]4CCCN4C(=O)[C@H](Cc4ccccc4)N3C2=O)C[C@@H]2c3cccc4[nH]cc(c34)C[C@@H]21. The number of carbonyl (C=O) groups excluding carboxylic acids is 3. The lowest BCUT2D eigenvalue weighted by Crippen LogP contribution is -2.71. The Hall–Kier alpha value is -3.73. The van der Waals surface area contributed by atoms with Crippen molar-refractivity contribution in [2.75, 3.05) is 20.1 Å². The van der Waals surface area contributed by atoms with E-state index in [-0.39, 0.29) is 36.1 Å². The van der Waals surface area contributed by atoms with Crippen molar-refractivity contribution in [1.82, 2.24) is 25.0 Å². The van der Waals surface area contributed by atoms with Gasteiger partial charge in [0.15, 0.2) is 0 Å². The topological polar surface area (TPSA) is 118 Å². The summed E-state index contributed by atoms with van der Waals surface area (Å²) in [4.78, 5) is 50.4. The van der Waals surface area contributed by atoms with Gasteiger partial charge in [-0.2, -0.15) is 0 Å². The minimum atomic E-state index is -2.03. The maximum Gasteiger partial charge on any atom is 0.280 e. The van der Waals surface area contributed by atoms with E-state index >= 15 is 0 Å². The summed E-state index contributed by atoms with van der Waals surface area (Å²) in [6.07, 6.45) is 5.13. The maximum atomic E-state index is 14.2. The number of likely N-dealkylation sites (tertiary alicyclic amines) is 1. The van der Waals surface area contributed by atoms with Crippen molar-refractivity contribution in [2.45, 2.75) is 74.7 Å². The molecule has 224 valence electrons. The van der Waals surface area contributed by atoms with Crippen LogP contribution in [0.3, 0.4) is 0 Å². The molecule has 3 aromatic rings. The van der Waals surface area contributed by atoms with Crippen molar-refractivity contribution in [3.63, 3.8) is 0 Å². The van der Waals surface area contributed by atoms with Gasteiger partial charge in [-0.05, 0) is 62.4 Å². The molecule has 4 saturated heterocycles. The van der Waals surface area contributed by atoms with Gasteiger partial charge in [-0.1, -0.05) is 42.5 Å². The summed E-state index contributed by atoms with van der Waals surface area (Å²) in [6, 6.07) is 14.4. The lowest BCUT2D eigenvalue weighted by molar-refractivity contribution is -0.315. The number of nitrogens with zero attached hydrogens (tertiary/aromatic N) is 3. The van der Waals surface area contributed by atoms with Crippen molar-refractivity contribution >= 4 is 28.6 Å². The minimum Gasteiger partial charge on any atom is -0.361 e. The average molecular weight is 584 g/mol. The number of nitrogens with one attached hydrogen (secondary N) is 2. The summed E-state index contributed by atoms with van der Waals surface area (Å²) in [6.45, 7) is 2.56. The van der Waals surface area contributed by atoms with Crippen molar-refractivity contribution in [1.29, 1.82) is 0 Å². The molecule has 4 aliphatic heterocycles. The molecule has 4 fully saturated rings. The molecule has 3 N–H and O–H groups in total. The fraction of sp³-hybridized carbons (Fsp3) is 0.485. The molecule has 43 heavy (non-hydrogen) atoms. The number of hydrogen-bond acceptors (Lipinski definition) is 6. The molecule has 8 rings (SSSR count). The van der Waals surface area contributed by atoms with Crippen LogP contribution >= 0.6 is 0 Å². The van der Waals surface area contributed by atoms with Gasteiger partial charge in [0.05, 0.1) is 5.92 Å². The summed E-state index contributed by atoms with van der Waals surface area (Å²) in [5.74, 6) is -3.31. The molecule has 0 spiro atoms. The summed E-state index contributed by atoms with van der Waals surface area (Å²) in [5, 5.41) is 16.2. The van der Waals surface area contributed by atoms with E-state index < -0.39 is 29.6 Å². The Morgan fingerprint density at radius 1 is 1.16 bits per heavy atom. The smallest absolute Gasteiger partial charge is 0.280 e. The van der Waals surface area contributed by atoms with Crippen LogP contribution in [0.1, 0.15) is 48.8 Å². The van der Waals surface area contributed by atoms with E-state index in [4.69, 9.17) is 4.74 Å². The first kappa shape index (κ1) is 26.9. The second-order valence-corrected chi connectivity index (χ2v) is 13.2. The van der Waals surface area contributed by atoms with E-state index in [9.17, 15) is 19.5 Å². The first-order valence-electron chi connectivity index (χ1n) is 15.4. The van der Waals surface area contributed by atoms with Crippen LogP contribution in [0, 0.1) is 5.92 Å². The first-order chi connectivity index (χ1) is 20.7. The van der Waals surface area contributed by atoms with Gasteiger partial charge in [-0.3, -0.25) is 24.0 Å². The number of benzene rings is 2. The third-order valence-corrected chi connectivity index (χ3v) is 10.6. The van der Waals surface area contributed by atoms with Gasteiger partial charge in [0.2, 0.25) is 17.5 Å². The number of rotatable bonds is 4. The van der Waals surface area contributed by atoms with Gasteiger partial charge in [0.1, 0.15) is 12.1 Å². The van der Waals surface area contributed by atoms with Crippen LogP contribution in [0.15, 0.2) is 54.7 Å². The highest BCUT2D eigenvalue weighted by Crippen LogP contribution is 2.47. The lowest BCUT2D eigenvalue weighted by Gasteiger charge is -2.48. The van der Waals surface area contributed by atoms with Gasteiger partial charge < -0.3 is 25.2 Å². The lowest BCUT2D eigenvalue weighted by atomic mass is 9.72. The number of carbonyl (C=O) groups is 3. The van der Waals surface area contributed by atoms with E-state index in [1.807, 2.05) is 30.3 Å². The van der Waals surface area contributed by atoms with Gasteiger partial charge in [-0.15, -0.1) is 0 Å². The number of ether oxygens (including phenoxy) is 1. The van der Waals surface area contributed by atoms with Crippen LogP contribution in [-0.2, 0) is 32.0 Å². The predicted molar refractivity (Wildman–Crippen MR) is 157 cm³/mol. The molecule has 3 amide bonds. The maximum absolute atomic E-state index is 14.2. The monoisotopic (exact) mass is 583 g/mol. The first-order valence-corrected chi connectivity index (χ1v) is 15.4. The molecule has 10 nitrogen and oxygen atoms in total. The largest absolute Gasteiger partial charge is 0.361 e.